The van der Waals surface area contributed by atoms with Crippen molar-refractivity contribution >= 4 is 40.8 Å². The minimum atomic E-state index is -2.28. The molecule has 1 aromatic heterocycles. The molecule has 0 spiro atoms. The molecule has 0 saturated heterocycles. The van der Waals surface area contributed by atoms with Crippen LogP contribution in [-0.4, -0.2) is 9.76 Å². The zero-order chi connectivity index (χ0) is 19.0. The van der Waals surface area contributed by atoms with Crippen LogP contribution in [0.2, 0.25) is 0 Å². The average molecular weight is 411 g/mol. The molecule has 0 atom stereocenters. The molecule has 0 saturated carbocycles. The lowest BCUT2D eigenvalue weighted by Crippen LogP contribution is -2.35. The van der Waals surface area contributed by atoms with Crippen molar-refractivity contribution in [2.24, 2.45) is 0 Å². The van der Waals surface area contributed by atoms with Crippen LogP contribution in [0.5, 0.6) is 0 Å². The molecule has 1 aromatic rings. The highest BCUT2D eigenvalue weighted by molar-refractivity contribution is 6.75. The maximum absolute atomic E-state index is 9.51. The molecule has 1 rings (SSSR count). The average Bonchev–Trinajstić information content (AvgIpc) is 2.57. The van der Waals surface area contributed by atoms with Gasteiger partial charge in [0.05, 0.1) is 5.97 Å². The normalized spacial score (nSPS) is 10.9. The van der Waals surface area contributed by atoms with Gasteiger partial charge in [-0.05, 0) is 6.42 Å². The largest absolute Gasteiger partial charge is 0.545 e. The van der Waals surface area contributed by atoms with Gasteiger partial charge in [-0.15, -0.1) is 0 Å². The second-order valence-corrected chi connectivity index (χ2v) is 8.36. The standard InChI is InChI=1S/C17H30N.C2HCl3O2/c1-2-3-4-5-6-7-8-9-10-12-15-18-16-13-11-14-17-18;3-2(4,5)1(6)7/h11,13-14,16-17H,2-10,12,15H2,1H3;(H,6,7)/q+1;/p-1. The Bertz CT molecular complexity index is 436. The Kier molecular flexibility index (Phi) is 15.4. The predicted octanol–water partition coefficient (Wildman–Crippen LogP) is 5.00. The van der Waals surface area contributed by atoms with Gasteiger partial charge >= 0.3 is 0 Å². The Labute approximate surface area is 167 Å². The van der Waals surface area contributed by atoms with Gasteiger partial charge in [0.2, 0.25) is 3.79 Å². The molecule has 1 heterocycles. The van der Waals surface area contributed by atoms with Crippen LogP contribution in [0.1, 0.15) is 71.1 Å². The first-order chi connectivity index (χ1) is 11.9. The van der Waals surface area contributed by atoms with Gasteiger partial charge in [-0.3, -0.25) is 0 Å². The van der Waals surface area contributed by atoms with Crippen molar-refractivity contribution in [1.29, 1.82) is 0 Å². The predicted molar refractivity (Wildman–Crippen MR) is 104 cm³/mol. The molecule has 0 N–H and O–H groups in total. The number of carboxylic acid groups (broad SMARTS) is 1. The first kappa shape index (κ1) is 24.5. The number of aliphatic carboxylic acids is 1. The Hall–Kier alpha value is -0.510. The lowest BCUT2D eigenvalue weighted by atomic mass is 10.1. The van der Waals surface area contributed by atoms with Crippen molar-refractivity contribution in [1.82, 2.24) is 0 Å². The van der Waals surface area contributed by atoms with Crippen LogP contribution in [0, 0.1) is 0 Å². The van der Waals surface area contributed by atoms with Gasteiger partial charge < -0.3 is 9.90 Å². The molecule has 0 radical (unpaired) electrons. The summed E-state index contributed by atoms with van der Waals surface area (Å²) in [5, 5.41) is 9.51. The molecule has 0 aliphatic carbocycles. The van der Waals surface area contributed by atoms with Gasteiger partial charge in [0, 0.05) is 18.6 Å². The van der Waals surface area contributed by atoms with Crippen molar-refractivity contribution < 1.29 is 14.5 Å². The molecule has 0 aliphatic rings. The van der Waals surface area contributed by atoms with E-state index in [4.69, 9.17) is 34.8 Å². The lowest BCUT2D eigenvalue weighted by molar-refractivity contribution is -0.697. The zero-order valence-corrected chi connectivity index (χ0v) is 17.3. The van der Waals surface area contributed by atoms with Gasteiger partial charge in [0.1, 0.15) is 6.54 Å². The Morgan fingerprint density at radius 2 is 1.24 bits per heavy atom. The van der Waals surface area contributed by atoms with E-state index in [9.17, 15) is 9.90 Å². The summed E-state index contributed by atoms with van der Waals surface area (Å²) in [6.45, 7) is 3.46. The van der Waals surface area contributed by atoms with E-state index >= 15 is 0 Å². The molecule has 3 nitrogen and oxygen atoms in total. The highest BCUT2D eigenvalue weighted by Crippen LogP contribution is 2.24. The number of hydrogen-bond donors (Lipinski definition) is 0. The Morgan fingerprint density at radius 3 is 1.64 bits per heavy atom. The number of carbonyl (C=O) groups is 1. The smallest absolute Gasteiger partial charge is 0.230 e. The quantitative estimate of drug-likeness (QED) is 0.293. The van der Waals surface area contributed by atoms with E-state index in [2.05, 4.69) is 42.1 Å². The number of rotatable bonds is 11. The highest BCUT2D eigenvalue weighted by Gasteiger charge is 2.20. The minimum Gasteiger partial charge on any atom is -0.545 e. The van der Waals surface area contributed by atoms with Crippen molar-refractivity contribution in [2.45, 2.75) is 81.5 Å². The van der Waals surface area contributed by atoms with Crippen LogP contribution in [0.15, 0.2) is 30.6 Å². The van der Waals surface area contributed by atoms with Crippen LogP contribution in [0.3, 0.4) is 0 Å². The summed E-state index contributed by atoms with van der Waals surface area (Å²) in [6.07, 6.45) is 18.5. The Morgan fingerprint density at radius 1 is 0.840 bits per heavy atom. The highest BCUT2D eigenvalue weighted by atomic mass is 35.6. The van der Waals surface area contributed by atoms with Crippen molar-refractivity contribution in [3.63, 3.8) is 0 Å². The maximum atomic E-state index is 9.51. The molecule has 0 amide bonds. The summed E-state index contributed by atoms with van der Waals surface area (Å²) in [5.41, 5.74) is 0. The van der Waals surface area contributed by atoms with Gasteiger partial charge in [0.25, 0.3) is 0 Å². The number of halogens is 3. The molecule has 0 aliphatic heterocycles. The number of hydrogen-bond acceptors (Lipinski definition) is 2. The number of carbonyl (C=O) groups excluding carboxylic acids is 1. The van der Waals surface area contributed by atoms with E-state index in [-0.39, 0.29) is 0 Å². The van der Waals surface area contributed by atoms with E-state index in [0.29, 0.717) is 0 Å². The van der Waals surface area contributed by atoms with E-state index in [0.717, 1.165) is 0 Å². The number of alkyl halides is 3. The summed E-state index contributed by atoms with van der Waals surface area (Å²) < 4.78 is 0.00471. The molecule has 0 aromatic carbocycles. The van der Waals surface area contributed by atoms with E-state index < -0.39 is 9.76 Å². The molecular formula is C19H30Cl3NO2. The summed E-state index contributed by atoms with van der Waals surface area (Å²) in [7, 11) is 0. The molecule has 6 heteroatoms. The number of unbranched alkanes of at least 4 members (excludes halogenated alkanes) is 9. The number of nitrogens with zero attached hydrogens (tertiary/aromatic N) is 1. The molecule has 0 unspecified atom stereocenters. The SMILES string of the molecule is CCCCCCCCCCCC[n+]1ccccc1.O=C([O-])C(Cl)(Cl)Cl. The van der Waals surface area contributed by atoms with Gasteiger partial charge in [-0.25, -0.2) is 4.57 Å². The van der Waals surface area contributed by atoms with Crippen LogP contribution >= 0.6 is 34.8 Å². The second kappa shape index (κ2) is 15.7. The van der Waals surface area contributed by atoms with Gasteiger partial charge in [-0.2, -0.15) is 0 Å². The monoisotopic (exact) mass is 409 g/mol. The molecule has 0 bridgehead atoms. The molecular weight excluding hydrogens is 381 g/mol. The van der Waals surface area contributed by atoms with Crippen LogP contribution < -0.4 is 9.67 Å². The van der Waals surface area contributed by atoms with Crippen molar-refractivity contribution in [2.75, 3.05) is 0 Å². The fraction of sp³-hybridized carbons (Fsp3) is 0.684. The fourth-order valence-corrected chi connectivity index (χ4v) is 2.37. The second-order valence-electron chi connectivity index (χ2n) is 6.08. The zero-order valence-electron chi connectivity index (χ0n) is 15.1. The third-order valence-electron chi connectivity index (χ3n) is 3.78. The summed E-state index contributed by atoms with van der Waals surface area (Å²) in [6, 6.07) is 6.29. The summed E-state index contributed by atoms with van der Waals surface area (Å²) in [5.74, 6) is -1.71. The topological polar surface area (TPSA) is 44.0 Å². The maximum Gasteiger partial charge on any atom is 0.230 e. The number of aromatic nitrogens is 1. The van der Waals surface area contributed by atoms with E-state index in [1.807, 2.05) is 0 Å². The summed E-state index contributed by atoms with van der Waals surface area (Å²) >= 11 is 14.2. The third kappa shape index (κ3) is 16.7. The molecule has 0 fully saturated rings. The fourth-order valence-electron chi connectivity index (χ4n) is 2.37. The van der Waals surface area contributed by atoms with Crippen molar-refractivity contribution in [3.8, 4) is 0 Å². The third-order valence-corrected chi connectivity index (χ3v) is 4.24. The lowest BCUT2D eigenvalue weighted by Gasteiger charge is -2.09. The van der Waals surface area contributed by atoms with Crippen LogP contribution in [-0.2, 0) is 11.3 Å². The number of aryl methyl sites for hydroxylation is 1. The van der Waals surface area contributed by atoms with Crippen LogP contribution in [0.4, 0.5) is 0 Å². The van der Waals surface area contributed by atoms with E-state index in [1.54, 1.807) is 0 Å². The van der Waals surface area contributed by atoms with Gasteiger partial charge in [0.15, 0.2) is 12.4 Å². The number of carboxylic acids is 1. The molecule has 25 heavy (non-hydrogen) atoms. The van der Waals surface area contributed by atoms with Crippen LogP contribution in [0.25, 0.3) is 0 Å². The first-order valence-corrected chi connectivity index (χ1v) is 10.2. The molecule has 144 valence electrons. The summed E-state index contributed by atoms with van der Waals surface area (Å²) in [4.78, 5) is 9.51. The first-order valence-electron chi connectivity index (χ1n) is 9.10. The van der Waals surface area contributed by atoms with Gasteiger partial charge in [-0.1, -0.05) is 99.2 Å². The number of pyridine rings is 1. The minimum absolute atomic E-state index is 1.18. The van der Waals surface area contributed by atoms with Crippen molar-refractivity contribution in [3.05, 3.63) is 30.6 Å². The van der Waals surface area contributed by atoms with E-state index in [1.165, 1.54) is 70.8 Å². The Balaban J connectivity index is 0.000000697.